The van der Waals surface area contributed by atoms with Crippen LogP contribution in [-0.2, 0) is 20.3 Å². The normalized spacial score (nSPS) is 13.0. The number of hydrogen-bond acceptors (Lipinski definition) is 12. The van der Waals surface area contributed by atoms with Gasteiger partial charge in [-0.15, -0.1) is 10.2 Å². The number of pyridine rings is 1. The number of nitrogens with zero attached hydrogens (tertiary/aromatic N) is 6. The summed E-state index contributed by atoms with van der Waals surface area (Å²) in [6.45, 7) is 3.30. The van der Waals surface area contributed by atoms with Crippen molar-refractivity contribution in [2.45, 2.75) is 31.0 Å². The Morgan fingerprint density at radius 3 is 2.17 bits per heavy atom. The van der Waals surface area contributed by atoms with Gasteiger partial charge in [0.15, 0.2) is 21.5 Å². The Hall–Kier alpha value is -4.30. The molecule has 0 saturated carbocycles. The number of rotatable bonds is 12. The van der Waals surface area contributed by atoms with Crippen molar-refractivity contribution < 1.29 is 32.1 Å². The summed E-state index contributed by atoms with van der Waals surface area (Å²) in [5.74, 6) is 1.22. The summed E-state index contributed by atoms with van der Waals surface area (Å²) in [6, 6.07) is 10.4. The van der Waals surface area contributed by atoms with Gasteiger partial charge < -0.3 is 23.7 Å². The predicted molar refractivity (Wildman–Crippen MR) is 149 cm³/mol. The highest BCUT2D eigenvalue weighted by Gasteiger charge is 2.36. The Morgan fingerprint density at radius 1 is 0.878 bits per heavy atom. The van der Waals surface area contributed by atoms with Crippen LogP contribution < -0.4 is 18.9 Å². The fourth-order valence-electron chi connectivity index (χ4n) is 4.35. The van der Waals surface area contributed by atoms with Crippen molar-refractivity contribution in [1.82, 2.24) is 29.7 Å². The minimum Gasteiger partial charge on any atom is -0.494 e. The van der Waals surface area contributed by atoms with E-state index in [1.165, 1.54) is 41.7 Å². The van der Waals surface area contributed by atoms with Crippen LogP contribution in [-0.4, -0.2) is 78.9 Å². The molecule has 0 aliphatic carbocycles. The number of ether oxygens (including phenoxy) is 5. The monoisotopic (exact) mass is 584 g/mol. The molecule has 1 aromatic carbocycles. The molecule has 0 spiro atoms. The van der Waals surface area contributed by atoms with E-state index in [1.54, 1.807) is 54.8 Å². The van der Waals surface area contributed by atoms with Crippen molar-refractivity contribution in [3.05, 3.63) is 59.8 Å². The molecule has 0 fully saturated rings. The van der Waals surface area contributed by atoms with Gasteiger partial charge in [-0.2, -0.15) is 0 Å². The average Bonchev–Trinajstić information content (AvgIpc) is 3.39. The van der Waals surface area contributed by atoms with Gasteiger partial charge >= 0.3 is 0 Å². The smallest absolute Gasteiger partial charge is 0.238 e. The molecule has 0 aliphatic rings. The Bertz CT molecular complexity index is 1600. The number of benzene rings is 1. The van der Waals surface area contributed by atoms with Gasteiger partial charge in [0, 0.05) is 19.4 Å². The van der Waals surface area contributed by atoms with Gasteiger partial charge in [0.1, 0.15) is 40.4 Å². The molecule has 4 rings (SSSR count). The SMILES string of the molecule is COc1cccc(-c2nnc(CS(=O)(=O)[C@@H](C)[C@@H](OC)c3ncc(C)nc3OC)n2-c2c(OC)cccc2OC)n1. The first-order valence-corrected chi connectivity index (χ1v) is 14.2. The van der Waals surface area contributed by atoms with E-state index in [0.29, 0.717) is 34.5 Å². The largest absolute Gasteiger partial charge is 0.494 e. The number of hydrogen-bond donors (Lipinski definition) is 0. The zero-order chi connectivity index (χ0) is 29.7. The highest BCUT2D eigenvalue weighted by molar-refractivity contribution is 7.91. The fourth-order valence-corrected chi connectivity index (χ4v) is 5.78. The average molecular weight is 585 g/mol. The van der Waals surface area contributed by atoms with Crippen molar-refractivity contribution in [1.29, 1.82) is 0 Å². The molecule has 13 nitrogen and oxygen atoms in total. The molecular formula is C27H32N6O7S. The first-order valence-electron chi connectivity index (χ1n) is 12.5. The number of para-hydroxylation sites is 1. The summed E-state index contributed by atoms with van der Waals surface area (Å²) in [7, 11) is 3.40. The summed E-state index contributed by atoms with van der Waals surface area (Å²) < 4.78 is 57.0. The summed E-state index contributed by atoms with van der Waals surface area (Å²) in [4.78, 5) is 13.2. The Kier molecular flexibility index (Phi) is 9.03. The number of sulfone groups is 1. The summed E-state index contributed by atoms with van der Waals surface area (Å²) in [5.41, 5.74) is 1.70. The third kappa shape index (κ3) is 5.93. The molecular weight excluding hydrogens is 552 g/mol. The van der Waals surface area contributed by atoms with Gasteiger partial charge in [-0.05, 0) is 32.0 Å². The lowest BCUT2D eigenvalue weighted by Crippen LogP contribution is -2.30. The molecule has 2 atom stereocenters. The predicted octanol–water partition coefficient (Wildman–Crippen LogP) is 3.15. The van der Waals surface area contributed by atoms with Crippen LogP contribution in [0.15, 0.2) is 42.6 Å². The van der Waals surface area contributed by atoms with Gasteiger partial charge in [-0.3, -0.25) is 9.55 Å². The maximum absolute atomic E-state index is 13.9. The molecule has 218 valence electrons. The minimum atomic E-state index is -3.96. The highest BCUT2D eigenvalue weighted by atomic mass is 32.2. The molecule has 0 amide bonds. The Labute approximate surface area is 238 Å². The van der Waals surface area contributed by atoms with E-state index in [2.05, 4.69) is 25.1 Å². The van der Waals surface area contributed by atoms with E-state index >= 15 is 0 Å². The first kappa shape index (κ1) is 29.7. The van der Waals surface area contributed by atoms with E-state index in [0.717, 1.165) is 0 Å². The number of aryl methyl sites for hydroxylation is 1. The Balaban J connectivity index is 1.86. The van der Waals surface area contributed by atoms with Crippen LogP contribution in [0.3, 0.4) is 0 Å². The second kappa shape index (κ2) is 12.5. The minimum absolute atomic E-state index is 0.107. The molecule has 41 heavy (non-hydrogen) atoms. The van der Waals surface area contributed by atoms with Crippen molar-refractivity contribution in [3.8, 4) is 40.5 Å². The molecule has 0 bridgehead atoms. The molecule has 3 heterocycles. The van der Waals surface area contributed by atoms with E-state index < -0.39 is 26.9 Å². The topological polar surface area (TPSA) is 150 Å². The van der Waals surface area contributed by atoms with Gasteiger partial charge in [0.25, 0.3) is 0 Å². The molecule has 0 unspecified atom stereocenters. The van der Waals surface area contributed by atoms with Gasteiger partial charge in [-0.25, -0.2) is 18.4 Å². The quantitative estimate of drug-likeness (QED) is 0.241. The second-order valence-corrected chi connectivity index (χ2v) is 11.3. The van der Waals surface area contributed by atoms with Crippen LogP contribution in [0.25, 0.3) is 17.2 Å². The van der Waals surface area contributed by atoms with Crippen LogP contribution in [0.1, 0.15) is 30.2 Å². The maximum Gasteiger partial charge on any atom is 0.238 e. The summed E-state index contributed by atoms with van der Waals surface area (Å²) >= 11 is 0. The lowest BCUT2D eigenvalue weighted by atomic mass is 10.2. The Morgan fingerprint density at radius 2 is 1.56 bits per heavy atom. The van der Waals surface area contributed by atoms with E-state index in [4.69, 9.17) is 23.7 Å². The highest BCUT2D eigenvalue weighted by Crippen LogP contribution is 2.37. The summed E-state index contributed by atoms with van der Waals surface area (Å²) in [6.07, 6.45) is 0.557. The van der Waals surface area contributed by atoms with E-state index in [-0.39, 0.29) is 23.2 Å². The van der Waals surface area contributed by atoms with Crippen molar-refractivity contribution in [3.63, 3.8) is 0 Å². The number of methoxy groups -OCH3 is 5. The molecule has 0 saturated heterocycles. The van der Waals surface area contributed by atoms with Gasteiger partial charge in [-0.1, -0.05) is 12.1 Å². The zero-order valence-electron chi connectivity index (χ0n) is 23.9. The van der Waals surface area contributed by atoms with E-state index in [1.807, 2.05) is 0 Å². The second-order valence-electron chi connectivity index (χ2n) is 8.93. The molecule has 0 radical (unpaired) electrons. The van der Waals surface area contributed by atoms with Crippen molar-refractivity contribution >= 4 is 9.84 Å². The molecule has 0 N–H and O–H groups in total. The van der Waals surface area contributed by atoms with Crippen LogP contribution in [0, 0.1) is 6.92 Å². The van der Waals surface area contributed by atoms with Crippen LogP contribution >= 0.6 is 0 Å². The molecule has 14 heteroatoms. The molecule has 3 aromatic heterocycles. The van der Waals surface area contributed by atoms with Gasteiger partial charge in [0.05, 0.1) is 39.4 Å². The summed E-state index contributed by atoms with van der Waals surface area (Å²) in [5, 5.41) is 7.56. The maximum atomic E-state index is 13.9. The van der Waals surface area contributed by atoms with Crippen molar-refractivity contribution in [2.24, 2.45) is 0 Å². The lowest BCUT2D eigenvalue weighted by molar-refractivity contribution is 0.0953. The third-order valence-electron chi connectivity index (χ3n) is 6.44. The van der Waals surface area contributed by atoms with Crippen LogP contribution in [0.5, 0.6) is 23.3 Å². The fraction of sp³-hybridized carbons (Fsp3) is 0.370. The third-order valence-corrected chi connectivity index (χ3v) is 8.49. The molecule has 4 aromatic rings. The van der Waals surface area contributed by atoms with Crippen molar-refractivity contribution in [2.75, 3.05) is 35.5 Å². The van der Waals surface area contributed by atoms with Gasteiger partial charge in [0.2, 0.25) is 11.8 Å². The molecule has 0 aliphatic heterocycles. The lowest BCUT2D eigenvalue weighted by Gasteiger charge is -2.23. The zero-order valence-corrected chi connectivity index (χ0v) is 24.7. The number of aromatic nitrogens is 6. The standard InChI is InChI=1S/C27H32N6O7S/c1-16-14-28-23(27(29-16)40-7)25(39-6)17(2)41(34,35)15-21-31-32-26(18-10-8-13-22(30-18)38-5)33(21)24-19(36-3)11-9-12-20(24)37-4/h8-14,17,25H,15H2,1-7H3/t17-,25+/m0/s1. The van der Waals surface area contributed by atoms with E-state index in [9.17, 15) is 8.42 Å². The van der Waals surface area contributed by atoms with Crippen LogP contribution in [0.4, 0.5) is 0 Å². The first-order chi connectivity index (χ1) is 19.7. The van der Waals surface area contributed by atoms with Crippen LogP contribution in [0.2, 0.25) is 0 Å².